The molecule has 1 aliphatic carbocycles. The van der Waals surface area contributed by atoms with E-state index in [4.69, 9.17) is 4.52 Å². The van der Waals surface area contributed by atoms with Crippen molar-refractivity contribution in [3.8, 4) is 0 Å². The summed E-state index contributed by atoms with van der Waals surface area (Å²) in [5, 5.41) is 9.88. The first-order valence-electron chi connectivity index (χ1n) is 6.53. The van der Waals surface area contributed by atoms with Crippen molar-refractivity contribution in [3.05, 3.63) is 11.7 Å². The van der Waals surface area contributed by atoms with E-state index in [0.717, 1.165) is 0 Å². The summed E-state index contributed by atoms with van der Waals surface area (Å²) in [6.07, 6.45) is 5.53. The Morgan fingerprint density at radius 1 is 1.44 bits per heavy atom. The van der Waals surface area contributed by atoms with Crippen LogP contribution in [0.4, 0.5) is 0 Å². The largest absolute Gasteiger partial charge is 0.355 e. The van der Waals surface area contributed by atoms with Gasteiger partial charge in [-0.05, 0) is 12.8 Å². The standard InChI is InChI=1S/C12H20N4O2/c1-9-15-11(16-18-9)6-7-13-12(17)8-14-10-4-2-3-5-10/h10,14H,2-8H2,1H3,(H,13,17). The molecule has 1 heterocycles. The van der Waals surface area contributed by atoms with Gasteiger partial charge in [-0.3, -0.25) is 4.79 Å². The summed E-state index contributed by atoms with van der Waals surface area (Å²) < 4.78 is 4.85. The molecule has 1 aromatic rings. The number of carbonyl (C=O) groups is 1. The molecule has 0 spiro atoms. The first-order chi connectivity index (χ1) is 8.74. The minimum Gasteiger partial charge on any atom is -0.355 e. The van der Waals surface area contributed by atoms with E-state index in [1.165, 1.54) is 25.7 Å². The molecule has 18 heavy (non-hydrogen) atoms. The van der Waals surface area contributed by atoms with Crippen LogP contribution in [-0.2, 0) is 11.2 Å². The molecule has 1 aromatic heterocycles. The summed E-state index contributed by atoms with van der Waals surface area (Å²) in [6.45, 7) is 2.70. The zero-order chi connectivity index (χ0) is 12.8. The Hall–Kier alpha value is -1.43. The number of carbonyl (C=O) groups excluding carboxylic acids is 1. The molecule has 0 unspecified atom stereocenters. The first-order valence-corrected chi connectivity index (χ1v) is 6.53. The third kappa shape index (κ3) is 4.10. The van der Waals surface area contributed by atoms with Gasteiger partial charge in [-0.1, -0.05) is 18.0 Å². The lowest BCUT2D eigenvalue weighted by atomic mass is 10.2. The average Bonchev–Trinajstić information content (AvgIpc) is 2.98. The molecule has 2 rings (SSSR count). The molecule has 1 amide bonds. The van der Waals surface area contributed by atoms with Gasteiger partial charge in [0.2, 0.25) is 11.8 Å². The molecular formula is C12H20N4O2. The van der Waals surface area contributed by atoms with Gasteiger partial charge in [-0.15, -0.1) is 0 Å². The monoisotopic (exact) mass is 252 g/mol. The summed E-state index contributed by atoms with van der Waals surface area (Å²) in [6, 6.07) is 0.524. The van der Waals surface area contributed by atoms with E-state index in [1.807, 2.05) is 0 Å². The lowest BCUT2D eigenvalue weighted by molar-refractivity contribution is -0.120. The SMILES string of the molecule is Cc1nc(CCNC(=O)CNC2CCCC2)no1. The second-order valence-corrected chi connectivity index (χ2v) is 4.69. The predicted octanol–water partition coefficient (Wildman–Crippen LogP) is 0.569. The van der Waals surface area contributed by atoms with Crippen molar-refractivity contribution >= 4 is 5.91 Å². The average molecular weight is 252 g/mol. The predicted molar refractivity (Wildman–Crippen MR) is 66.0 cm³/mol. The molecule has 6 nitrogen and oxygen atoms in total. The maximum atomic E-state index is 11.6. The van der Waals surface area contributed by atoms with Crippen molar-refractivity contribution < 1.29 is 9.32 Å². The summed E-state index contributed by atoms with van der Waals surface area (Å²) in [4.78, 5) is 15.6. The number of hydrogen-bond donors (Lipinski definition) is 2. The number of aryl methyl sites for hydroxylation is 1. The Labute approximate surface area is 107 Å². The highest BCUT2D eigenvalue weighted by atomic mass is 16.5. The van der Waals surface area contributed by atoms with Crippen molar-refractivity contribution in [2.75, 3.05) is 13.1 Å². The fraction of sp³-hybridized carbons (Fsp3) is 0.750. The minimum atomic E-state index is 0.0297. The van der Waals surface area contributed by atoms with Crippen LogP contribution in [0.25, 0.3) is 0 Å². The lowest BCUT2D eigenvalue weighted by Gasteiger charge is -2.11. The van der Waals surface area contributed by atoms with Crippen LogP contribution in [0, 0.1) is 6.92 Å². The highest BCUT2D eigenvalue weighted by Gasteiger charge is 2.15. The van der Waals surface area contributed by atoms with Crippen molar-refractivity contribution in [2.24, 2.45) is 0 Å². The van der Waals surface area contributed by atoms with Crippen LogP contribution < -0.4 is 10.6 Å². The molecule has 0 atom stereocenters. The van der Waals surface area contributed by atoms with Gasteiger partial charge in [0.05, 0.1) is 6.54 Å². The normalized spacial score (nSPS) is 16.1. The molecule has 2 N–H and O–H groups in total. The number of aromatic nitrogens is 2. The van der Waals surface area contributed by atoms with Crippen molar-refractivity contribution in [1.82, 2.24) is 20.8 Å². The van der Waals surface area contributed by atoms with Crippen LogP contribution in [0.2, 0.25) is 0 Å². The second-order valence-electron chi connectivity index (χ2n) is 4.69. The molecule has 1 saturated carbocycles. The lowest BCUT2D eigenvalue weighted by Crippen LogP contribution is -2.38. The molecule has 1 aliphatic rings. The number of hydrogen-bond acceptors (Lipinski definition) is 5. The Morgan fingerprint density at radius 2 is 2.22 bits per heavy atom. The minimum absolute atomic E-state index is 0.0297. The fourth-order valence-electron chi connectivity index (χ4n) is 2.19. The molecule has 6 heteroatoms. The van der Waals surface area contributed by atoms with Crippen LogP contribution in [-0.4, -0.2) is 35.2 Å². The van der Waals surface area contributed by atoms with E-state index in [1.54, 1.807) is 6.92 Å². The summed E-state index contributed by atoms with van der Waals surface area (Å²) >= 11 is 0. The van der Waals surface area contributed by atoms with Gasteiger partial charge in [0, 0.05) is 25.9 Å². The maximum absolute atomic E-state index is 11.6. The Bertz CT molecular complexity index is 385. The first kappa shape index (κ1) is 13.0. The molecular weight excluding hydrogens is 232 g/mol. The highest BCUT2D eigenvalue weighted by molar-refractivity contribution is 5.77. The maximum Gasteiger partial charge on any atom is 0.233 e. The Kier molecular flexibility index (Phi) is 4.69. The second kappa shape index (κ2) is 6.49. The van der Waals surface area contributed by atoms with Gasteiger partial charge < -0.3 is 15.2 Å². The van der Waals surface area contributed by atoms with E-state index < -0.39 is 0 Å². The van der Waals surface area contributed by atoms with Gasteiger partial charge >= 0.3 is 0 Å². The molecule has 0 saturated heterocycles. The van der Waals surface area contributed by atoms with Crippen molar-refractivity contribution in [1.29, 1.82) is 0 Å². The van der Waals surface area contributed by atoms with Crippen LogP contribution >= 0.6 is 0 Å². The third-order valence-electron chi connectivity index (χ3n) is 3.15. The Balaban J connectivity index is 1.57. The van der Waals surface area contributed by atoms with Crippen LogP contribution in [0.5, 0.6) is 0 Å². The van der Waals surface area contributed by atoms with E-state index >= 15 is 0 Å². The van der Waals surface area contributed by atoms with E-state index in [0.29, 0.717) is 37.3 Å². The summed E-state index contributed by atoms with van der Waals surface area (Å²) in [7, 11) is 0. The summed E-state index contributed by atoms with van der Waals surface area (Å²) in [5.74, 6) is 1.22. The van der Waals surface area contributed by atoms with Crippen molar-refractivity contribution in [2.45, 2.75) is 45.1 Å². The van der Waals surface area contributed by atoms with Gasteiger partial charge in [0.15, 0.2) is 5.82 Å². The molecule has 0 bridgehead atoms. The smallest absolute Gasteiger partial charge is 0.233 e. The van der Waals surface area contributed by atoms with Crippen molar-refractivity contribution in [3.63, 3.8) is 0 Å². The highest BCUT2D eigenvalue weighted by Crippen LogP contribution is 2.17. The van der Waals surface area contributed by atoms with Crippen LogP contribution in [0.1, 0.15) is 37.4 Å². The molecule has 0 aliphatic heterocycles. The Morgan fingerprint density at radius 3 is 2.89 bits per heavy atom. The van der Waals surface area contributed by atoms with Gasteiger partial charge in [-0.2, -0.15) is 4.98 Å². The zero-order valence-electron chi connectivity index (χ0n) is 10.7. The fourth-order valence-corrected chi connectivity index (χ4v) is 2.19. The van der Waals surface area contributed by atoms with Crippen LogP contribution in [0.15, 0.2) is 4.52 Å². The molecule has 0 radical (unpaired) electrons. The third-order valence-corrected chi connectivity index (χ3v) is 3.15. The topological polar surface area (TPSA) is 80.0 Å². The number of rotatable bonds is 6. The molecule has 100 valence electrons. The van der Waals surface area contributed by atoms with E-state index in [-0.39, 0.29) is 5.91 Å². The van der Waals surface area contributed by atoms with Gasteiger partial charge in [0.1, 0.15) is 0 Å². The number of amides is 1. The summed E-state index contributed by atoms with van der Waals surface area (Å²) in [5.41, 5.74) is 0. The van der Waals surface area contributed by atoms with Gasteiger partial charge in [-0.25, -0.2) is 0 Å². The van der Waals surface area contributed by atoms with Gasteiger partial charge in [0.25, 0.3) is 0 Å². The number of nitrogens with one attached hydrogen (secondary N) is 2. The molecule has 0 aromatic carbocycles. The molecule has 1 fully saturated rings. The van der Waals surface area contributed by atoms with E-state index in [2.05, 4.69) is 20.8 Å². The number of nitrogens with zero attached hydrogens (tertiary/aromatic N) is 2. The van der Waals surface area contributed by atoms with E-state index in [9.17, 15) is 4.79 Å². The zero-order valence-corrected chi connectivity index (χ0v) is 10.7. The quantitative estimate of drug-likeness (QED) is 0.773. The van der Waals surface area contributed by atoms with Crippen LogP contribution in [0.3, 0.4) is 0 Å².